The van der Waals surface area contributed by atoms with Crippen LogP contribution in [0.4, 0.5) is 0 Å². The third-order valence-corrected chi connectivity index (χ3v) is 5.71. The molecule has 6 heteroatoms. The van der Waals surface area contributed by atoms with Gasteiger partial charge in [0.2, 0.25) is 0 Å². The molecule has 2 aliphatic heterocycles. The molecule has 1 amide bonds. The van der Waals surface area contributed by atoms with E-state index >= 15 is 0 Å². The lowest BCUT2D eigenvalue weighted by Gasteiger charge is -2.19. The molecule has 1 atom stereocenters. The number of hydrogen-bond acceptors (Lipinski definition) is 5. The number of ether oxygens (including phenoxy) is 3. The molecule has 32 heavy (non-hydrogen) atoms. The maximum atomic E-state index is 12.6. The first-order valence-corrected chi connectivity index (χ1v) is 10.7. The molecule has 0 aliphatic carbocycles. The predicted octanol–water partition coefficient (Wildman–Crippen LogP) is 4.06. The highest BCUT2D eigenvalue weighted by Crippen LogP contribution is 2.34. The average molecular weight is 429 g/mol. The van der Waals surface area contributed by atoms with Crippen LogP contribution in [-0.2, 0) is 6.42 Å². The van der Waals surface area contributed by atoms with E-state index in [4.69, 9.17) is 14.2 Å². The zero-order valence-electron chi connectivity index (χ0n) is 17.7. The van der Waals surface area contributed by atoms with Gasteiger partial charge in [0.1, 0.15) is 25.1 Å². The van der Waals surface area contributed by atoms with Gasteiger partial charge in [-0.05, 0) is 53.9 Å². The first-order chi connectivity index (χ1) is 15.6. The Bertz CT molecular complexity index is 1200. The van der Waals surface area contributed by atoms with Gasteiger partial charge in [0, 0.05) is 17.5 Å². The van der Waals surface area contributed by atoms with Crippen molar-refractivity contribution in [3.8, 4) is 28.4 Å². The average Bonchev–Trinajstić information content (AvgIpc) is 3.24. The number of Topliss-reactive ketones (excluding diaryl/α,β-unsaturated/α-hetero) is 1. The molecule has 0 unspecified atom stereocenters. The quantitative estimate of drug-likeness (QED) is 0.619. The molecule has 0 saturated heterocycles. The first kappa shape index (κ1) is 20.1. The third kappa shape index (κ3) is 3.91. The minimum atomic E-state index is -0.183. The van der Waals surface area contributed by atoms with Crippen LogP contribution < -0.4 is 19.5 Å². The summed E-state index contributed by atoms with van der Waals surface area (Å²) in [4.78, 5) is 24.6. The van der Waals surface area contributed by atoms with Gasteiger partial charge in [0.05, 0.1) is 6.54 Å². The summed E-state index contributed by atoms with van der Waals surface area (Å²) in [5, 5.41) is 2.95. The third-order valence-electron chi connectivity index (χ3n) is 5.71. The van der Waals surface area contributed by atoms with Crippen molar-refractivity contribution >= 4 is 11.7 Å². The van der Waals surface area contributed by atoms with Crippen LogP contribution in [0.3, 0.4) is 0 Å². The molecule has 162 valence electrons. The monoisotopic (exact) mass is 429 g/mol. The summed E-state index contributed by atoms with van der Waals surface area (Å²) in [5.41, 5.74) is 4.19. The summed E-state index contributed by atoms with van der Waals surface area (Å²) < 4.78 is 17.1. The summed E-state index contributed by atoms with van der Waals surface area (Å²) in [6.07, 6.45) is 0.539. The van der Waals surface area contributed by atoms with Crippen molar-refractivity contribution in [2.24, 2.45) is 0 Å². The number of rotatable bonds is 5. The molecule has 0 radical (unpaired) electrons. The van der Waals surface area contributed by atoms with Gasteiger partial charge in [-0.25, -0.2) is 0 Å². The van der Waals surface area contributed by atoms with Gasteiger partial charge >= 0.3 is 0 Å². The van der Waals surface area contributed by atoms with E-state index in [1.807, 2.05) is 36.4 Å². The molecule has 2 heterocycles. The van der Waals surface area contributed by atoms with E-state index in [2.05, 4.69) is 11.4 Å². The lowest BCUT2D eigenvalue weighted by atomic mass is 9.95. The summed E-state index contributed by atoms with van der Waals surface area (Å²) in [7, 11) is 0. The number of amides is 1. The Kier molecular flexibility index (Phi) is 5.27. The van der Waals surface area contributed by atoms with E-state index in [0.29, 0.717) is 48.8 Å². The maximum Gasteiger partial charge on any atom is 0.251 e. The number of ketones is 1. The van der Waals surface area contributed by atoms with Crippen molar-refractivity contribution in [2.75, 3.05) is 19.8 Å². The molecule has 0 aromatic heterocycles. The molecular weight excluding hydrogens is 406 g/mol. The highest BCUT2D eigenvalue weighted by atomic mass is 16.6. The van der Waals surface area contributed by atoms with E-state index in [9.17, 15) is 9.59 Å². The number of hydrogen-bond donors (Lipinski definition) is 1. The molecular formula is C26H23NO5. The lowest BCUT2D eigenvalue weighted by molar-refractivity contribution is 0.0931. The van der Waals surface area contributed by atoms with Crippen molar-refractivity contribution in [2.45, 2.75) is 19.4 Å². The van der Waals surface area contributed by atoms with Crippen LogP contribution in [0.1, 0.15) is 33.2 Å². The molecule has 3 aromatic rings. The van der Waals surface area contributed by atoms with E-state index in [1.54, 1.807) is 25.1 Å². The van der Waals surface area contributed by atoms with E-state index < -0.39 is 0 Å². The van der Waals surface area contributed by atoms with Gasteiger partial charge in [-0.2, -0.15) is 0 Å². The van der Waals surface area contributed by atoms with Crippen LogP contribution in [0.2, 0.25) is 0 Å². The molecule has 5 rings (SSSR count). The van der Waals surface area contributed by atoms with Gasteiger partial charge in [-0.3, -0.25) is 9.59 Å². The highest BCUT2D eigenvalue weighted by molar-refractivity contribution is 6.00. The minimum absolute atomic E-state index is 0.0390. The lowest BCUT2D eigenvalue weighted by Crippen LogP contribution is -2.34. The van der Waals surface area contributed by atoms with Crippen molar-refractivity contribution in [3.05, 3.63) is 77.4 Å². The van der Waals surface area contributed by atoms with Crippen molar-refractivity contribution < 1.29 is 23.8 Å². The highest BCUT2D eigenvalue weighted by Gasteiger charge is 2.25. The van der Waals surface area contributed by atoms with Gasteiger partial charge in [-0.1, -0.05) is 30.3 Å². The second-order valence-electron chi connectivity index (χ2n) is 7.94. The second-order valence-corrected chi connectivity index (χ2v) is 7.94. The molecule has 6 nitrogen and oxygen atoms in total. The normalized spacial score (nSPS) is 16.1. The summed E-state index contributed by atoms with van der Waals surface area (Å²) >= 11 is 0. The Hall–Kier alpha value is -3.80. The Balaban J connectivity index is 1.25. The number of nitrogens with one attached hydrogen (secondary N) is 1. The maximum absolute atomic E-state index is 12.6. The van der Waals surface area contributed by atoms with Crippen LogP contribution in [0, 0.1) is 0 Å². The Labute approximate surface area is 186 Å². The number of fused-ring (bicyclic) bond motifs is 2. The van der Waals surface area contributed by atoms with Crippen LogP contribution >= 0.6 is 0 Å². The van der Waals surface area contributed by atoms with Crippen LogP contribution in [-0.4, -0.2) is 37.6 Å². The van der Waals surface area contributed by atoms with Gasteiger partial charge in [0.15, 0.2) is 17.3 Å². The molecule has 1 N–H and O–H groups in total. The Morgan fingerprint density at radius 1 is 0.938 bits per heavy atom. The summed E-state index contributed by atoms with van der Waals surface area (Å²) in [5.74, 6) is 1.92. The zero-order valence-corrected chi connectivity index (χ0v) is 17.7. The SMILES string of the molecule is CC(=O)c1ccccc1-c1ccc2c(c1)C[C@H](CNC(=O)c1ccc3c(c1)OCCO3)O2. The Morgan fingerprint density at radius 2 is 1.72 bits per heavy atom. The van der Waals surface area contributed by atoms with E-state index in [0.717, 1.165) is 22.4 Å². The van der Waals surface area contributed by atoms with Crippen LogP contribution in [0.25, 0.3) is 11.1 Å². The molecule has 3 aromatic carbocycles. The predicted molar refractivity (Wildman–Crippen MR) is 120 cm³/mol. The van der Waals surface area contributed by atoms with Gasteiger partial charge in [-0.15, -0.1) is 0 Å². The number of carbonyl (C=O) groups excluding carboxylic acids is 2. The molecule has 0 saturated carbocycles. The Morgan fingerprint density at radius 3 is 2.56 bits per heavy atom. The van der Waals surface area contributed by atoms with E-state index in [-0.39, 0.29) is 17.8 Å². The standard InChI is InChI=1S/C26H23NO5/c1-16(28)21-4-2-3-5-22(21)17-6-8-23-19(12-17)13-20(32-23)15-27-26(29)18-7-9-24-25(14-18)31-11-10-30-24/h2-9,12,14,20H,10-11,13,15H2,1H3,(H,27,29)/t20-/m1/s1. The largest absolute Gasteiger partial charge is 0.488 e. The smallest absolute Gasteiger partial charge is 0.251 e. The van der Waals surface area contributed by atoms with Crippen LogP contribution in [0.5, 0.6) is 17.2 Å². The molecule has 0 spiro atoms. The minimum Gasteiger partial charge on any atom is -0.488 e. The molecule has 0 fully saturated rings. The van der Waals surface area contributed by atoms with Crippen molar-refractivity contribution in [1.29, 1.82) is 0 Å². The fourth-order valence-corrected chi connectivity index (χ4v) is 4.14. The van der Waals surface area contributed by atoms with Gasteiger partial charge < -0.3 is 19.5 Å². The fourth-order valence-electron chi connectivity index (χ4n) is 4.14. The van der Waals surface area contributed by atoms with Crippen molar-refractivity contribution in [3.63, 3.8) is 0 Å². The fraction of sp³-hybridized carbons (Fsp3) is 0.231. The summed E-state index contributed by atoms with van der Waals surface area (Å²) in [6, 6.07) is 18.8. The number of benzene rings is 3. The number of carbonyl (C=O) groups is 2. The molecule has 0 bridgehead atoms. The van der Waals surface area contributed by atoms with Crippen molar-refractivity contribution in [1.82, 2.24) is 5.32 Å². The second kappa shape index (κ2) is 8.38. The van der Waals surface area contributed by atoms with Gasteiger partial charge in [0.25, 0.3) is 5.91 Å². The zero-order chi connectivity index (χ0) is 22.1. The molecule has 2 aliphatic rings. The van der Waals surface area contributed by atoms with Crippen LogP contribution in [0.15, 0.2) is 60.7 Å². The first-order valence-electron chi connectivity index (χ1n) is 10.7. The van der Waals surface area contributed by atoms with E-state index in [1.165, 1.54) is 0 Å². The topological polar surface area (TPSA) is 73.9 Å². The summed E-state index contributed by atoms with van der Waals surface area (Å²) in [6.45, 7) is 2.96.